The second-order valence-corrected chi connectivity index (χ2v) is 7.68. The van der Waals surface area contributed by atoms with E-state index >= 15 is 4.39 Å². The highest BCUT2D eigenvalue weighted by molar-refractivity contribution is 6.09. The predicted octanol–water partition coefficient (Wildman–Crippen LogP) is 6.15. The highest BCUT2D eigenvalue weighted by Gasteiger charge is 2.21. The van der Waals surface area contributed by atoms with E-state index in [2.05, 4.69) is 13.2 Å². The van der Waals surface area contributed by atoms with Gasteiger partial charge >= 0.3 is 11.9 Å². The van der Waals surface area contributed by atoms with Gasteiger partial charge in [0.05, 0.1) is 13.7 Å². The van der Waals surface area contributed by atoms with Crippen LogP contribution in [0.2, 0.25) is 0 Å². The predicted molar refractivity (Wildman–Crippen MR) is 131 cm³/mol. The molecule has 7 heteroatoms. The number of hydrogen-bond donors (Lipinski definition) is 0. The van der Waals surface area contributed by atoms with Crippen LogP contribution >= 0.6 is 0 Å². The Morgan fingerprint density at radius 3 is 2.31 bits per heavy atom. The molecule has 6 nitrogen and oxygen atoms in total. The van der Waals surface area contributed by atoms with Gasteiger partial charge in [-0.3, -0.25) is 0 Å². The average molecular weight is 474 g/mol. The van der Waals surface area contributed by atoms with Crippen molar-refractivity contribution in [3.05, 3.63) is 85.2 Å². The first-order valence-corrected chi connectivity index (χ1v) is 10.9. The van der Waals surface area contributed by atoms with E-state index in [1.807, 2.05) is 24.3 Å². The van der Waals surface area contributed by atoms with E-state index in [1.54, 1.807) is 24.3 Å². The summed E-state index contributed by atoms with van der Waals surface area (Å²) in [7, 11) is 1.42. The molecule has 0 bridgehead atoms. The van der Waals surface area contributed by atoms with Crippen molar-refractivity contribution in [3.8, 4) is 22.6 Å². The molecule has 0 aliphatic heterocycles. The Bertz CT molecular complexity index is 1430. The summed E-state index contributed by atoms with van der Waals surface area (Å²) in [4.78, 5) is 22.7. The van der Waals surface area contributed by atoms with Gasteiger partial charge in [-0.2, -0.15) is 0 Å². The van der Waals surface area contributed by atoms with Gasteiger partial charge in [-0.15, -0.1) is 0 Å². The van der Waals surface area contributed by atoms with E-state index in [1.165, 1.54) is 7.11 Å². The van der Waals surface area contributed by atoms with Crippen molar-refractivity contribution in [3.63, 3.8) is 0 Å². The molecule has 1 heterocycles. The van der Waals surface area contributed by atoms with Gasteiger partial charge in [-0.25, -0.2) is 14.0 Å². The van der Waals surface area contributed by atoms with Crippen molar-refractivity contribution in [2.45, 2.75) is 12.8 Å². The maximum Gasteiger partial charge on any atom is 0.335 e. The summed E-state index contributed by atoms with van der Waals surface area (Å²) in [5.74, 6) is -1.25. The van der Waals surface area contributed by atoms with Crippen molar-refractivity contribution in [2.24, 2.45) is 0 Å². The minimum absolute atomic E-state index is 0.0797. The van der Waals surface area contributed by atoms with Crippen LogP contribution in [-0.2, 0) is 20.7 Å². The van der Waals surface area contributed by atoms with Crippen molar-refractivity contribution in [1.82, 2.24) is 0 Å². The summed E-state index contributed by atoms with van der Waals surface area (Å²) < 4.78 is 37.0. The van der Waals surface area contributed by atoms with Crippen LogP contribution in [0.4, 0.5) is 4.39 Å². The molecule has 0 unspecified atom stereocenters. The van der Waals surface area contributed by atoms with Crippen LogP contribution in [-0.4, -0.2) is 25.7 Å². The molecule has 35 heavy (non-hydrogen) atoms. The van der Waals surface area contributed by atoms with Crippen LogP contribution in [0.15, 0.2) is 78.3 Å². The van der Waals surface area contributed by atoms with Crippen LogP contribution < -0.4 is 9.47 Å². The van der Waals surface area contributed by atoms with Crippen molar-refractivity contribution >= 4 is 33.9 Å². The molecule has 4 rings (SSSR count). The lowest BCUT2D eigenvalue weighted by molar-refractivity contribution is -0.137. The quantitative estimate of drug-likeness (QED) is 0.125. The maximum atomic E-state index is 15.6. The molecule has 0 N–H and O–H groups in total. The first-order valence-electron chi connectivity index (χ1n) is 10.9. The second kappa shape index (κ2) is 10.3. The number of benzene rings is 3. The van der Waals surface area contributed by atoms with Crippen LogP contribution in [0.5, 0.6) is 11.5 Å². The highest BCUT2D eigenvalue weighted by atomic mass is 19.1. The monoisotopic (exact) mass is 474 g/mol. The van der Waals surface area contributed by atoms with Gasteiger partial charge in [0.2, 0.25) is 5.75 Å². The SMILES string of the molecule is C=CC(=O)OCCCc1ccc(-c2ccc3c(oc4c(OC)c(OC(=O)C=C)ccc43)c2F)cc1. The Labute approximate surface area is 201 Å². The van der Waals surface area contributed by atoms with Crippen molar-refractivity contribution in [1.29, 1.82) is 0 Å². The van der Waals surface area contributed by atoms with E-state index in [0.717, 1.165) is 17.7 Å². The number of esters is 2. The lowest BCUT2D eigenvalue weighted by Crippen LogP contribution is -2.04. The molecule has 0 radical (unpaired) electrons. The number of carbonyl (C=O) groups is 2. The van der Waals surface area contributed by atoms with Crippen molar-refractivity contribution < 1.29 is 32.6 Å². The molecule has 4 aromatic rings. The Balaban J connectivity index is 1.63. The number of fused-ring (bicyclic) bond motifs is 3. The first-order chi connectivity index (χ1) is 17.0. The smallest absolute Gasteiger partial charge is 0.335 e. The van der Waals surface area contributed by atoms with Gasteiger partial charge < -0.3 is 18.6 Å². The lowest BCUT2D eigenvalue weighted by Gasteiger charge is -2.07. The molecule has 3 aromatic carbocycles. The van der Waals surface area contributed by atoms with E-state index in [9.17, 15) is 9.59 Å². The summed E-state index contributed by atoms with van der Waals surface area (Å²) in [6, 6.07) is 14.3. The Kier molecular flexibility index (Phi) is 6.96. The van der Waals surface area contributed by atoms with E-state index in [-0.39, 0.29) is 22.7 Å². The molecule has 0 atom stereocenters. The summed E-state index contributed by atoms with van der Waals surface area (Å²) in [6.07, 6.45) is 3.56. The average Bonchev–Trinajstić information content (AvgIpc) is 3.26. The van der Waals surface area contributed by atoms with Crippen LogP contribution in [0.25, 0.3) is 33.1 Å². The Morgan fingerprint density at radius 2 is 1.63 bits per heavy atom. The lowest BCUT2D eigenvalue weighted by atomic mass is 10.00. The van der Waals surface area contributed by atoms with Crippen molar-refractivity contribution in [2.75, 3.05) is 13.7 Å². The summed E-state index contributed by atoms with van der Waals surface area (Å²) >= 11 is 0. The Hall–Kier alpha value is -4.39. The molecule has 178 valence electrons. The van der Waals surface area contributed by atoms with Crippen LogP contribution in [0.1, 0.15) is 12.0 Å². The van der Waals surface area contributed by atoms with Gasteiger partial charge in [0.1, 0.15) is 0 Å². The standard InChI is InChI=1S/C28H23FO6/c1-4-23(30)33-16-6-7-17-8-10-18(11-9-17)19-12-13-20-21-14-15-22(34-24(31)5-2)28(32-3)27(21)35-26(20)25(19)29/h4-5,8-15H,1-2,6-7,16H2,3H3. The van der Waals surface area contributed by atoms with Gasteiger partial charge in [-0.1, -0.05) is 43.5 Å². The molecule has 0 saturated carbocycles. The zero-order valence-electron chi connectivity index (χ0n) is 19.1. The maximum absolute atomic E-state index is 15.6. The summed E-state index contributed by atoms with van der Waals surface area (Å²) in [5, 5.41) is 1.21. The molecule has 0 aliphatic carbocycles. The Morgan fingerprint density at radius 1 is 0.943 bits per heavy atom. The summed E-state index contributed by atoms with van der Waals surface area (Å²) in [5.41, 5.74) is 2.48. The number of rotatable bonds is 9. The van der Waals surface area contributed by atoms with Crippen LogP contribution in [0.3, 0.4) is 0 Å². The van der Waals surface area contributed by atoms with Gasteiger partial charge in [-0.05, 0) is 42.2 Å². The van der Waals surface area contributed by atoms with Gasteiger partial charge in [0.15, 0.2) is 22.7 Å². The third-order valence-corrected chi connectivity index (χ3v) is 5.53. The fourth-order valence-corrected chi connectivity index (χ4v) is 3.83. The fourth-order valence-electron chi connectivity index (χ4n) is 3.83. The second-order valence-electron chi connectivity index (χ2n) is 7.68. The number of methoxy groups -OCH3 is 1. The zero-order chi connectivity index (χ0) is 24.9. The van der Waals surface area contributed by atoms with Gasteiger partial charge in [0, 0.05) is 28.5 Å². The molecule has 0 amide bonds. The third-order valence-electron chi connectivity index (χ3n) is 5.53. The normalized spacial score (nSPS) is 10.8. The summed E-state index contributed by atoms with van der Waals surface area (Å²) in [6.45, 7) is 7.05. The number of aryl methyl sites for hydroxylation is 1. The molecule has 0 saturated heterocycles. The molecule has 0 spiro atoms. The number of ether oxygens (including phenoxy) is 3. The van der Waals surface area contributed by atoms with E-state index in [0.29, 0.717) is 41.3 Å². The topological polar surface area (TPSA) is 75.0 Å². The number of hydrogen-bond acceptors (Lipinski definition) is 6. The first kappa shape index (κ1) is 23.8. The molecule has 1 aromatic heterocycles. The third kappa shape index (κ3) is 4.80. The minimum atomic E-state index is -0.645. The number of carbonyl (C=O) groups excluding carboxylic acids is 2. The highest BCUT2D eigenvalue weighted by Crippen LogP contribution is 2.42. The molecule has 0 aliphatic rings. The fraction of sp³-hybridized carbons (Fsp3) is 0.143. The van der Waals surface area contributed by atoms with E-state index < -0.39 is 17.8 Å². The zero-order valence-corrected chi connectivity index (χ0v) is 19.1. The number of halogens is 1. The van der Waals surface area contributed by atoms with Gasteiger partial charge in [0.25, 0.3) is 0 Å². The largest absolute Gasteiger partial charge is 0.490 e. The number of furan rings is 1. The van der Waals surface area contributed by atoms with E-state index in [4.69, 9.17) is 18.6 Å². The van der Waals surface area contributed by atoms with Crippen LogP contribution in [0, 0.1) is 5.82 Å². The minimum Gasteiger partial charge on any atom is -0.490 e. The molecular formula is C28H23FO6. The molecular weight excluding hydrogens is 451 g/mol. The molecule has 0 fully saturated rings.